The van der Waals surface area contributed by atoms with Gasteiger partial charge in [-0.3, -0.25) is 4.79 Å². The minimum atomic E-state index is -1.66. The Morgan fingerprint density at radius 1 is 0.461 bits per heavy atom. The Balaban J connectivity index is 2.25. The maximum Gasteiger partial charge on any atom is 0.249 e. The van der Waals surface area contributed by atoms with Crippen LogP contribution >= 0.6 is 0 Å². The van der Waals surface area contributed by atoms with Crippen LogP contribution < -0.4 is 5.32 Å². The van der Waals surface area contributed by atoms with E-state index in [2.05, 4.69) is 43.5 Å². The van der Waals surface area contributed by atoms with Crippen LogP contribution in [0.3, 0.4) is 0 Å². The summed E-state index contributed by atoms with van der Waals surface area (Å²) < 4.78 is 11.2. The molecule has 0 aromatic carbocycles. The fourth-order valence-corrected chi connectivity index (χ4v) is 10.7. The van der Waals surface area contributed by atoms with Crippen LogP contribution in [-0.2, 0) is 14.3 Å². The number of ether oxygens (including phenoxy) is 2. The lowest BCUT2D eigenvalue weighted by Crippen LogP contribution is -2.60. The zero-order valence-corrected chi connectivity index (χ0v) is 49.5. The third-order valence-electron chi connectivity index (χ3n) is 16.0. The summed E-state index contributed by atoms with van der Waals surface area (Å²) in [5.74, 6) is -0.700. The molecule has 0 radical (unpaired) electrons. The van der Waals surface area contributed by atoms with Gasteiger partial charge in [-0.1, -0.05) is 295 Å². The second-order valence-electron chi connectivity index (χ2n) is 23.2. The zero-order chi connectivity index (χ0) is 55.4. The first-order valence-electron chi connectivity index (χ1n) is 32.7. The van der Waals surface area contributed by atoms with E-state index >= 15 is 0 Å². The van der Waals surface area contributed by atoms with Crippen molar-refractivity contribution >= 4 is 5.91 Å². The minimum Gasteiger partial charge on any atom is -0.394 e. The number of aliphatic hydroxyl groups is 7. The Hall–Kier alpha value is -1.41. The van der Waals surface area contributed by atoms with Crippen molar-refractivity contribution in [1.82, 2.24) is 5.32 Å². The van der Waals surface area contributed by atoms with Crippen molar-refractivity contribution in [2.24, 2.45) is 0 Å². The van der Waals surface area contributed by atoms with Crippen molar-refractivity contribution < 1.29 is 50.0 Å². The number of carbonyl (C=O) groups excluding carboxylic acids is 1. The molecule has 0 aromatic heterocycles. The number of unbranched alkanes of at least 4 members (excludes halogenated alkanes) is 41. The van der Waals surface area contributed by atoms with Gasteiger partial charge in [0.05, 0.1) is 25.4 Å². The van der Waals surface area contributed by atoms with Gasteiger partial charge in [0, 0.05) is 0 Å². The van der Waals surface area contributed by atoms with E-state index in [0.29, 0.717) is 19.3 Å². The van der Waals surface area contributed by atoms with Gasteiger partial charge < -0.3 is 50.5 Å². The van der Waals surface area contributed by atoms with Crippen LogP contribution in [0.1, 0.15) is 316 Å². The standard InChI is InChI=1S/C65H125NO10/c1-3-5-7-9-11-13-15-17-19-21-23-25-27-28-29-30-31-33-34-36-38-40-42-44-46-48-50-52-57(68)60(70)56(55-75-65-63(73)62(72)61(71)59(54-67)76-65)66-64(74)58(69)53-51-49-47-45-43-41-39-37-35-32-26-24-22-20-18-16-14-12-10-8-6-4-2/h24,26,35,37,56-63,65,67-73H,3-23,25,27-34,36,38-55H2,1-2H3,(H,66,74)/b26-24-,37-35-. The number of rotatable bonds is 57. The molecule has 1 amide bonds. The van der Waals surface area contributed by atoms with E-state index in [1.807, 2.05) is 0 Å². The number of amides is 1. The van der Waals surface area contributed by atoms with Crippen LogP contribution in [0.25, 0.3) is 0 Å². The number of nitrogens with one attached hydrogen (secondary N) is 1. The van der Waals surface area contributed by atoms with E-state index in [4.69, 9.17) is 9.47 Å². The Labute approximate surface area is 467 Å². The molecular formula is C65H125NO10. The molecule has 8 N–H and O–H groups in total. The summed E-state index contributed by atoms with van der Waals surface area (Å²) in [7, 11) is 0. The lowest BCUT2D eigenvalue weighted by atomic mass is 9.98. The van der Waals surface area contributed by atoms with Gasteiger partial charge in [0.25, 0.3) is 0 Å². The summed E-state index contributed by atoms with van der Waals surface area (Å²) in [6, 6.07) is -1.17. The molecule has 11 heteroatoms. The Morgan fingerprint density at radius 2 is 0.803 bits per heavy atom. The summed E-state index contributed by atoms with van der Waals surface area (Å²) in [5, 5.41) is 76.4. The highest BCUT2D eigenvalue weighted by atomic mass is 16.7. The highest BCUT2D eigenvalue weighted by molar-refractivity contribution is 5.80. The van der Waals surface area contributed by atoms with Crippen LogP contribution in [0.4, 0.5) is 0 Å². The molecule has 0 aromatic rings. The summed E-state index contributed by atoms with van der Waals surface area (Å²) >= 11 is 0. The van der Waals surface area contributed by atoms with Crippen LogP contribution in [0.15, 0.2) is 24.3 Å². The van der Waals surface area contributed by atoms with E-state index in [-0.39, 0.29) is 6.42 Å². The van der Waals surface area contributed by atoms with Gasteiger partial charge >= 0.3 is 0 Å². The first-order chi connectivity index (χ1) is 37.2. The van der Waals surface area contributed by atoms with Crippen LogP contribution in [0, 0.1) is 0 Å². The molecule has 450 valence electrons. The highest BCUT2D eigenvalue weighted by Crippen LogP contribution is 2.24. The first-order valence-corrected chi connectivity index (χ1v) is 32.7. The SMILES string of the molecule is CCCCCCCCCCC/C=C\C/C=C\CCCCCCCCC(O)C(=O)NC(COC1OC(CO)C(O)C(O)C1O)C(O)C(O)CCCCCCCCCCCCCCCCCCCCCCCCCCCCC. The van der Waals surface area contributed by atoms with Gasteiger partial charge in [-0.15, -0.1) is 0 Å². The Kier molecular flexibility index (Phi) is 51.8. The van der Waals surface area contributed by atoms with Crippen molar-refractivity contribution in [1.29, 1.82) is 0 Å². The summed E-state index contributed by atoms with van der Waals surface area (Å²) in [5.41, 5.74) is 0. The van der Waals surface area contributed by atoms with Gasteiger partial charge in [0.2, 0.25) is 5.91 Å². The fraction of sp³-hybridized carbons (Fsp3) is 0.923. The van der Waals surface area contributed by atoms with Crippen LogP contribution in [-0.4, -0.2) is 110 Å². The molecule has 0 aliphatic carbocycles. The number of hydrogen-bond acceptors (Lipinski definition) is 10. The van der Waals surface area contributed by atoms with Gasteiger partial charge in [0.15, 0.2) is 6.29 Å². The largest absolute Gasteiger partial charge is 0.394 e. The number of hydrogen-bond donors (Lipinski definition) is 8. The average molecular weight is 1080 g/mol. The maximum atomic E-state index is 13.2. The van der Waals surface area contributed by atoms with Crippen LogP contribution in [0.2, 0.25) is 0 Å². The molecule has 1 aliphatic heterocycles. The molecule has 9 atom stereocenters. The van der Waals surface area contributed by atoms with Crippen molar-refractivity contribution in [3.05, 3.63) is 24.3 Å². The Bertz CT molecular complexity index is 1280. The molecule has 11 nitrogen and oxygen atoms in total. The quantitative estimate of drug-likeness (QED) is 0.0215. The molecule has 1 saturated heterocycles. The topological polar surface area (TPSA) is 189 Å². The van der Waals surface area contributed by atoms with Gasteiger partial charge in [0.1, 0.15) is 36.6 Å². The van der Waals surface area contributed by atoms with E-state index < -0.39 is 74.2 Å². The smallest absolute Gasteiger partial charge is 0.249 e. The lowest BCUT2D eigenvalue weighted by Gasteiger charge is -2.40. The first kappa shape index (κ1) is 72.6. The molecule has 0 bridgehead atoms. The van der Waals surface area contributed by atoms with Crippen LogP contribution in [0.5, 0.6) is 0 Å². The second kappa shape index (κ2) is 54.2. The Morgan fingerprint density at radius 3 is 1.17 bits per heavy atom. The van der Waals surface area contributed by atoms with Gasteiger partial charge in [-0.2, -0.15) is 0 Å². The van der Waals surface area contributed by atoms with Crippen molar-refractivity contribution in [2.75, 3.05) is 13.2 Å². The monoisotopic (exact) mass is 1080 g/mol. The van der Waals surface area contributed by atoms with Gasteiger partial charge in [-0.05, 0) is 44.9 Å². The van der Waals surface area contributed by atoms with Gasteiger partial charge in [-0.25, -0.2) is 0 Å². The summed E-state index contributed by atoms with van der Waals surface area (Å²) in [6.45, 7) is 3.50. The van der Waals surface area contributed by atoms with E-state index in [1.54, 1.807) is 0 Å². The third-order valence-corrected chi connectivity index (χ3v) is 16.0. The minimum absolute atomic E-state index is 0.250. The van der Waals surface area contributed by atoms with E-state index in [9.17, 15) is 40.5 Å². The van der Waals surface area contributed by atoms with Crippen molar-refractivity contribution in [3.63, 3.8) is 0 Å². The summed E-state index contributed by atoms with van der Waals surface area (Å²) in [4.78, 5) is 13.2. The predicted molar refractivity (Wildman–Crippen MR) is 316 cm³/mol. The predicted octanol–water partition coefficient (Wildman–Crippen LogP) is 14.9. The molecule has 0 saturated carbocycles. The van der Waals surface area contributed by atoms with E-state index in [1.165, 1.54) is 212 Å². The lowest BCUT2D eigenvalue weighted by molar-refractivity contribution is -0.303. The molecule has 1 rings (SSSR count). The molecule has 9 unspecified atom stereocenters. The molecule has 0 spiro atoms. The second-order valence-corrected chi connectivity index (χ2v) is 23.2. The zero-order valence-electron chi connectivity index (χ0n) is 49.5. The fourth-order valence-electron chi connectivity index (χ4n) is 10.7. The summed E-state index contributed by atoms with van der Waals surface area (Å²) in [6.07, 6.45) is 55.3. The number of aliphatic hydroxyl groups excluding tert-OH is 7. The van der Waals surface area contributed by atoms with Crippen molar-refractivity contribution in [3.8, 4) is 0 Å². The highest BCUT2D eigenvalue weighted by Gasteiger charge is 2.44. The molecule has 1 heterocycles. The molecular weight excluding hydrogens is 955 g/mol. The maximum absolute atomic E-state index is 13.2. The molecule has 76 heavy (non-hydrogen) atoms. The third kappa shape index (κ3) is 41.6. The van der Waals surface area contributed by atoms with Crippen molar-refractivity contribution in [2.45, 2.75) is 371 Å². The molecule has 1 fully saturated rings. The molecule has 1 aliphatic rings. The normalized spacial score (nSPS) is 19.7. The average Bonchev–Trinajstić information content (AvgIpc) is 3.42. The number of allylic oxidation sites excluding steroid dienone is 4. The number of carbonyl (C=O) groups is 1. The van der Waals surface area contributed by atoms with E-state index in [0.717, 1.165) is 64.2 Å².